The summed E-state index contributed by atoms with van der Waals surface area (Å²) in [6.07, 6.45) is 2.31. The molecular weight excluding hydrogens is 350 g/mol. The standard InChI is InChI=1S/C19H25N3O3S/c1-4-14-5-7-15(8-6-14)17-13(2)18(21-26(17,24)25)22-11-9-16(10-12-22)19(23)20-3/h5-8,16H,4,9-12H2,1-3H3,(H,20,23). The second kappa shape index (κ2) is 7.23. The number of hydrogen-bond acceptors (Lipinski definition) is 4. The van der Waals surface area contributed by atoms with E-state index in [0.717, 1.165) is 6.42 Å². The van der Waals surface area contributed by atoms with Crippen molar-refractivity contribution in [2.45, 2.75) is 33.1 Å². The van der Waals surface area contributed by atoms with Crippen LogP contribution in [-0.4, -0.2) is 45.2 Å². The van der Waals surface area contributed by atoms with Crippen molar-refractivity contribution in [2.24, 2.45) is 10.3 Å². The van der Waals surface area contributed by atoms with Crippen molar-refractivity contribution in [3.63, 3.8) is 0 Å². The Hall–Kier alpha value is -2.15. The van der Waals surface area contributed by atoms with Crippen LogP contribution >= 0.6 is 0 Å². The van der Waals surface area contributed by atoms with Gasteiger partial charge in [-0.2, -0.15) is 8.42 Å². The summed E-state index contributed by atoms with van der Waals surface area (Å²) < 4.78 is 29.4. The summed E-state index contributed by atoms with van der Waals surface area (Å²) in [6, 6.07) is 7.62. The maximum absolute atomic E-state index is 12.7. The highest BCUT2D eigenvalue weighted by Gasteiger charge is 2.35. The zero-order valence-corrected chi connectivity index (χ0v) is 16.3. The number of sulfonamides is 1. The third kappa shape index (κ3) is 3.40. The number of rotatable bonds is 3. The molecule has 0 spiro atoms. The normalized spacial score (nSPS) is 20.3. The average molecular weight is 375 g/mol. The molecule has 3 rings (SSSR count). The molecule has 0 aliphatic carbocycles. The summed E-state index contributed by atoms with van der Waals surface area (Å²) in [5, 5.41) is 2.69. The average Bonchev–Trinajstić information content (AvgIpc) is 2.90. The van der Waals surface area contributed by atoms with Crippen LogP contribution in [0.4, 0.5) is 0 Å². The summed E-state index contributed by atoms with van der Waals surface area (Å²) >= 11 is 0. The number of aryl methyl sites for hydroxylation is 1. The van der Waals surface area contributed by atoms with Crippen molar-refractivity contribution >= 4 is 26.7 Å². The minimum Gasteiger partial charge on any atom is -0.359 e. The quantitative estimate of drug-likeness (QED) is 0.878. The topological polar surface area (TPSA) is 78.8 Å². The highest BCUT2D eigenvalue weighted by Crippen LogP contribution is 2.34. The lowest BCUT2D eigenvalue weighted by Gasteiger charge is -2.32. The highest BCUT2D eigenvalue weighted by molar-refractivity contribution is 8.00. The zero-order valence-electron chi connectivity index (χ0n) is 15.4. The molecule has 0 unspecified atom stereocenters. The number of nitrogens with zero attached hydrogens (tertiary/aromatic N) is 2. The number of carbonyl (C=O) groups excluding carboxylic acids is 1. The van der Waals surface area contributed by atoms with Crippen LogP contribution in [0.1, 0.15) is 37.8 Å². The Balaban J connectivity index is 1.85. The lowest BCUT2D eigenvalue weighted by Crippen LogP contribution is -2.42. The Morgan fingerprint density at radius 1 is 1.23 bits per heavy atom. The van der Waals surface area contributed by atoms with Gasteiger partial charge in [-0.15, -0.1) is 4.40 Å². The fourth-order valence-electron chi connectivity index (χ4n) is 3.63. The number of piperidine rings is 1. The first kappa shape index (κ1) is 18.6. The van der Waals surface area contributed by atoms with E-state index >= 15 is 0 Å². The monoisotopic (exact) mass is 375 g/mol. The molecule has 0 saturated carbocycles. The molecule has 6 nitrogen and oxygen atoms in total. The molecule has 1 saturated heterocycles. The summed E-state index contributed by atoms with van der Waals surface area (Å²) in [5.41, 5.74) is 2.53. The molecule has 0 radical (unpaired) electrons. The Kier molecular flexibility index (Phi) is 5.18. The van der Waals surface area contributed by atoms with E-state index in [9.17, 15) is 13.2 Å². The van der Waals surface area contributed by atoms with Crippen molar-refractivity contribution in [2.75, 3.05) is 20.1 Å². The molecule has 0 aromatic heterocycles. The van der Waals surface area contributed by atoms with Gasteiger partial charge in [-0.1, -0.05) is 31.2 Å². The fraction of sp³-hybridized carbons (Fsp3) is 0.474. The minimum atomic E-state index is -3.70. The molecule has 1 aromatic carbocycles. The largest absolute Gasteiger partial charge is 0.359 e. The molecule has 26 heavy (non-hydrogen) atoms. The van der Waals surface area contributed by atoms with Gasteiger partial charge >= 0.3 is 0 Å². The Bertz CT molecular complexity index is 862. The summed E-state index contributed by atoms with van der Waals surface area (Å²) in [6.45, 7) is 5.14. The first-order valence-corrected chi connectivity index (χ1v) is 10.4. The first-order chi connectivity index (χ1) is 12.4. The molecule has 0 atom stereocenters. The van der Waals surface area contributed by atoms with Gasteiger partial charge in [-0.3, -0.25) is 4.79 Å². The van der Waals surface area contributed by atoms with E-state index in [4.69, 9.17) is 0 Å². The molecule has 1 aromatic rings. The predicted octanol–water partition coefficient (Wildman–Crippen LogP) is 2.18. The van der Waals surface area contributed by atoms with Crippen molar-refractivity contribution in [3.8, 4) is 0 Å². The van der Waals surface area contributed by atoms with E-state index in [0.29, 0.717) is 47.8 Å². The smallest absolute Gasteiger partial charge is 0.285 e. The van der Waals surface area contributed by atoms with Crippen LogP contribution in [-0.2, 0) is 21.2 Å². The van der Waals surface area contributed by atoms with E-state index in [-0.39, 0.29) is 11.8 Å². The van der Waals surface area contributed by atoms with E-state index < -0.39 is 10.0 Å². The van der Waals surface area contributed by atoms with Gasteiger partial charge in [0.2, 0.25) is 5.91 Å². The van der Waals surface area contributed by atoms with Crippen LogP contribution in [0, 0.1) is 5.92 Å². The number of carbonyl (C=O) groups is 1. The third-order valence-corrected chi connectivity index (χ3v) is 6.65. The molecule has 7 heteroatoms. The number of amides is 1. The van der Waals surface area contributed by atoms with Crippen molar-refractivity contribution in [1.82, 2.24) is 10.2 Å². The van der Waals surface area contributed by atoms with Crippen molar-refractivity contribution in [1.29, 1.82) is 0 Å². The molecular formula is C19H25N3O3S. The van der Waals surface area contributed by atoms with Crippen LogP contribution in [0.25, 0.3) is 4.91 Å². The van der Waals surface area contributed by atoms with Crippen LogP contribution < -0.4 is 5.32 Å². The van der Waals surface area contributed by atoms with E-state index in [1.54, 1.807) is 7.05 Å². The first-order valence-electron chi connectivity index (χ1n) is 8.99. The van der Waals surface area contributed by atoms with Gasteiger partial charge in [-0.05, 0) is 37.3 Å². The van der Waals surface area contributed by atoms with E-state index in [2.05, 4.69) is 16.6 Å². The van der Waals surface area contributed by atoms with E-state index in [1.807, 2.05) is 36.1 Å². The molecule has 2 heterocycles. The third-order valence-electron chi connectivity index (χ3n) is 5.18. The van der Waals surface area contributed by atoms with Crippen molar-refractivity contribution in [3.05, 3.63) is 41.0 Å². The second-order valence-corrected chi connectivity index (χ2v) is 8.31. The minimum absolute atomic E-state index is 0.0137. The number of nitrogens with one attached hydrogen (secondary N) is 1. The van der Waals surface area contributed by atoms with Gasteiger partial charge in [0.25, 0.3) is 10.0 Å². The summed E-state index contributed by atoms with van der Waals surface area (Å²) in [4.78, 5) is 14.1. The molecule has 1 fully saturated rings. The molecule has 0 bridgehead atoms. The molecule has 1 amide bonds. The van der Waals surface area contributed by atoms with Crippen LogP contribution in [0.2, 0.25) is 0 Å². The molecule has 2 aliphatic rings. The summed E-state index contributed by atoms with van der Waals surface area (Å²) in [7, 11) is -2.05. The second-order valence-electron chi connectivity index (χ2n) is 6.77. The zero-order chi connectivity index (χ0) is 18.9. The lowest BCUT2D eigenvalue weighted by atomic mass is 9.95. The fourth-order valence-corrected chi connectivity index (χ4v) is 5.12. The Morgan fingerprint density at radius 3 is 2.38 bits per heavy atom. The van der Waals surface area contributed by atoms with Gasteiger partial charge in [0.1, 0.15) is 10.7 Å². The predicted molar refractivity (Wildman–Crippen MR) is 103 cm³/mol. The Morgan fingerprint density at radius 2 is 1.85 bits per heavy atom. The molecule has 140 valence electrons. The molecule has 1 N–H and O–H groups in total. The van der Waals surface area contributed by atoms with E-state index in [1.165, 1.54) is 5.56 Å². The van der Waals surface area contributed by atoms with Crippen LogP contribution in [0.5, 0.6) is 0 Å². The Labute approximate surface area is 155 Å². The maximum Gasteiger partial charge on any atom is 0.285 e. The maximum atomic E-state index is 12.7. The van der Waals surface area contributed by atoms with Crippen LogP contribution in [0.3, 0.4) is 0 Å². The summed E-state index contributed by atoms with van der Waals surface area (Å²) in [5.74, 6) is 0.560. The van der Waals surface area contributed by atoms with Gasteiger partial charge in [0.05, 0.1) is 0 Å². The van der Waals surface area contributed by atoms with Gasteiger partial charge in [0.15, 0.2) is 0 Å². The number of benzene rings is 1. The van der Waals surface area contributed by atoms with Crippen LogP contribution in [0.15, 0.2) is 34.2 Å². The highest BCUT2D eigenvalue weighted by atomic mass is 32.2. The molecule has 2 aliphatic heterocycles. The number of hydrogen-bond donors (Lipinski definition) is 1. The number of likely N-dealkylation sites (tertiary alicyclic amines) is 1. The SMILES string of the molecule is CCc1ccc(C2=C(C)C(N3CCC(C(=O)NC)CC3)=NS2(=O)=O)cc1. The number of amidine groups is 1. The van der Waals surface area contributed by atoms with Gasteiger partial charge in [0, 0.05) is 31.6 Å². The lowest BCUT2D eigenvalue weighted by molar-refractivity contribution is -0.125. The van der Waals surface area contributed by atoms with Gasteiger partial charge < -0.3 is 10.2 Å². The van der Waals surface area contributed by atoms with Crippen molar-refractivity contribution < 1.29 is 13.2 Å². The van der Waals surface area contributed by atoms with Gasteiger partial charge in [-0.25, -0.2) is 0 Å².